The van der Waals surface area contributed by atoms with Crippen LogP contribution < -0.4 is 5.32 Å². The highest BCUT2D eigenvalue weighted by Gasteiger charge is 2.26. The molecule has 0 fully saturated rings. The van der Waals surface area contributed by atoms with Crippen LogP contribution in [0.25, 0.3) is 16.6 Å². The molecule has 0 spiro atoms. The van der Waals surface area contributed by atoms with Gasteiger partial charge >= 0.3 is 0 Å². The van der Waals surface area contributed by atoms with Crippen LogP contribution in [-0.4, -0.2) is 29.4 Å². The average Bonchev–Trinajstić information content (AvgIpc) is 3.13. The molecule has 1 N–H and O–H groups in total. The number of amides is 1. The first-order valence-corrected chi connectivity index (χ1v) is 10.5. The standard InChI is InChI=1S/C18H21N3OS2.C2H6/c1-5-6-7-14-11(2)19-17(23-14)16-13-8-9-21(4)10-15(13)24-18(16)20-12(3)22;1-2/h5-7H,1,8-10H2,2-4H3,(H,20,22);1-2H3/b7-6-;. The van der Waals surface area contributed by atoms with Crippen molar-refractivity contribution in [1.82, 2.24) is 9.88 Å². The minimum absolute atomic E-state index is 0.0387. The number of allylic oxidation sites excluding steroid dienone is 2. The van der Waals surface area contributed by atoms with E-state index in [1.54, 1.807) is 35.7 Å². The highest BCUT2D eigenvalue weighted by Crippen LogP contribution is 2.45. The van der Waals surface area contributed by atoms with E-state index in [-0.39, 0.29) is 5.91 Å². The fourth-order valence-electron chi connectivity index (χ4n) is 2.83. The molecule has 26 heavy (non-hydrogen) atoms. The summed E-state index contributed by atoms with van der Waals surface area (Å²) in [5, 5.41) is 4.92. The average molecular weight is 390 g/mol. The van der Waals surface area contributed by atoms with E-state index in [1.165, 1.54) is 10.4 Å². The monoisotopic (exact) mass is 389 g/mol. The van der Waals surface area contributed by atoms with Gasteiger partial charge in [0.25, 0.3) is 0 Å². The summed E-state index contributed by atoms with van der Waals surface area (Å²) in [6, 6.07) is 0. The van der Waals surface area contributed by atoms with Crippen molar-refractivity contribution in [3.8, 4) is 10.6 Å². The topological polar surface area (TPSA) is 45.2 Å². The van der Waals surface area contributed by atoms with Gasteiger partial charge in [0.2, 0.25) is 5.91 Å². The second kappa shape index (κ2) is 9.26. The van der Waals surface area contributed by atoms with E-state index in [0.717, 1.165) is 45.7 Å². The Morgan fingerprint density at radius 2 is 2.08 bits per heavy atom. The number of hydrogen-bond acceptors (Lipinski definition) is 5. The molecule has 3 rings (SSSR count). The number of anilines is 1. The third kappa shape index (κ3) is 4.50. The van der Waals surface area contributed by atoms with E-state index in [2.05, 4.69) is 23.8 Å². The predicted molar refractivity (Wildman–Crippen MR) is 115 cm³/mol. The van der Waals surface area contributed by atoms with Crippen molar-refractivity contribution in [1.29, 1.82) is 0 Å². The SMILES string of the molecule is C=C/C=C\c1sc(-c2c(NC(C)=O)sc3c2CCN(C)C3)nc1C.CC. The summed E-state index contributed by atoms with van der Waals surface area (Å²) < 4.78 is 0. The lowest BCUT2D eigenvalue weighted by molar-refractivity contribution is -0.114. The number of aromatic nitrogens is 1. The molecule has 0 saturated heterocycles. The maximum atomic E-state index is 11.6. The van der Waals surface area contributed by atoms with Crippen LogP contribution in [0, 0.1) is 6.92 Å². The Hall–Kier alpha value is -1.76. The number of rotatable bonds is 4. The summed E-state index contributed by atoms with van der Waals surface area (Å²) in [5.74, 6) is -0.0387. The van der Waals surface area contributed by atoms with Gasteiger partial charge in [0, 0.05) is 30.5 Å². The van der Waals surface area contributed by atoms with Gasteiger partial charge < -0.3 is 10.2 Å². The van der Waals surface area contributed by atoms with E-state index in [1.807, 2.05) is 32.9 Å². The minimum Gasteiger partial charge on any atom is -0.317 e. The Morgan fingerprint density at radius 1 is 1.35 bits per heavy atom. The number of hydrogen-bond donors (Lipinski definition) is 1. The Balaban J connectivity index is 0.00000117. The molecule has 2 aromatic heterocycles. The van der Waals surface area contributed by atoms with Crippen LogP contribution in [-0.2, 0) is 17.8 Å². The predicted octanol–water partition coefficient (Wildman–Crippen LogP) is 5.35. The number of aryl methyl sites for hydroxylation is 1. The Kier molecular flexibility index (Phi) is 7.32. The zero-order valence-corrected chi connectivity index (χ0v) is 17.8. The van der Waals surface area contributed by atoms with E-state index >= 15 is 0 Å². The molecule has 1 aliphatic heterocycles. The lowest BCUT2D eigenvalue weighted by Gasteiger charge is -2.22. The van der Waals surface area contributed by atoms with Gasteiger partial charge in [0.15, 0.2) is 0 Å². The van der Waals surface area contributed by atoms with Crippen LogP contribution in [0.4, 0.5) is 5.00 Å². The lowest BCUT2D eigenvalue weighted by atomic mass is 10.0. The van der Waals surface area contributed by atoms with Crippen LogP contribution >= 0.6 is 22.7 Å². The molecule has 0 aliphatic carbocycles. The zero-order valence-electron chi connectivity index (χ0n) is 16.2. The smallest absolute Gasteiger partial charge is 0.221 e. The Morgan fingerprint density at radius 3 is 2.73 bits per heavy atom. The van der Waals surface area contributed by atoms with Gasteiger partial charge in [0.05, 0.1) is 10.6 Å². The molecule has 0 bridgehead atoms. The number of fused-ring (bicyclic) bond motifs is 1. The van der Waals surface area contributed by atoms with Crippen LogP contribution in [0.2, 0.25) is 0 Å². The van der Waals surface area contributed by atoms with Crippen molar-refractivity contribution in [3.05, 3.63) is 39.7 Å². The van der Waals surface area contributed by atoms with Crippen molar-refractivity contribution in [2.75, 3.05) is 18.9 Å². The van der Waals surface area contributed by atoms with E-state index in [0.29, 0.717) is 0 Å². The number of nitrogens with one attached hydrogen (secondary N) is 1. The van der Waals surface area contributed by atoms with Crippen LogP contribution in [0.5, 0.6) is 0 Å². The van der Waals surface area contributed by atoms with Gasteiger partial charge in [-0.05, 0) is 32.0 Å². The van der Waals surface area contributed by atoms with Crippen molar-refractivity contribution < 1.29 is 4.79 Å². The third-order valence-corrected chi connectivity index (χ3v) is 6.24. The summed E-state index contributed by atoms with van der Waals surface area (Å²) in [4.78, 5) is 21.2. The molecule has 0 radical (unpaired) electrons. The van der Waals surface area contributed by atoms with Crippen LogP contribution in [0.1, 0.15) is 41.8 Å². The van der Waals surface area contributed by atoms with Crippen molar-refractivity contribution >= 4 is 39.7 Å². The summed E-state index contributed by atoms with van der Waals surface area (Å²) in [6.45, 7) is 13.3. The largest absolute Gasteiger partial charge is 0.317 e. The number of thiophene rings is 1. The maximum absolute atomic E-state index is 11.6. The van der Waals surface area contributed by atoms with E-state index in [9.17, 15) is 4.79 Å². The molecule has 6 heteroatoms. The quantitative estimate of drug-likeness (QED) is 0.717. The van der Waals surface area contributed by atoms with Crippen molar-refractivity contribution in [2.24, 2.45) is 0 Å². The van der Waals surface area contributed by atoms with Gasteiger partial charge in [0.1, 0.15) is 10.0 Å². The Labute approximate surface area is 164 Å². The molecule has 0 unspecified atom stereocenters. The fourth-order valence-corrected chi connectivity index (χ4v) is 5.33. The van der Waals surface area contributed by atoms with Crippen molar-refractivity contribution in [2.45, 2.75) is 40.7 Å². The summed E-state index contributed by atoms with van der Waals surface area (Å²) in [5.41, 5.74) is 3.47. The minimum atomic E-state index is -0.0387. The number of carbonyl (C=O) groups is 1. The molecular formula is C20H27N3OS2. The molecular weight excluding hydrogens is 362 g/mol. The number of likely N-dealkylation sites (N-methyl/N-ethyl adjacent to an activating group) is 1. The number of thiazole rings is 1. The normalized spacial score (nSPS) is 13.9. The number of carbonyl (C=O) groups excluding carboxylic acids is 1. The first kappa shape index (κ1) is 20.6. The zero-order chi connectivity index (χ0) is 19.3. The van der Waals surface area contributed by atoms with Gasteiger partial charge in [-0.3, -0.25) is 4.79 Å². The van der Waals surface area contributed by atoms with Gasteiger partial charge in [-0.25, -0.2) is 4.98 Å². The summed E-state index contributed by atoms with van der Waals surface area (Å²) >= 11 is 3.35. The molecule has 1 aliphatic rings. The first-order valence-electron chi connectivity index (χ1n) is 8.87. The molecule has 0 atom stereocenters. The summed E-state index contributed by atoms with van der Waals surface area (Å²) in [7, 11) is 2.13. The first-order chi connectivity index (χ1) is 12.5. The Bertz CT molecular complexity index is 817. The molecule has 4 nitrogen and oxygen atoms in total. The molecule has 0 saturated carbocycles. The second-order valence-electron chi connectivity index (χ2n) is 5.94. The number of nitrogens with zero attached hydrogens (tertiary/aromatic N) is 2. The fraction of sp³-hybridized carbons (Fsp3) is 0.400. The molecule has 2 aromatic rings. The van der Waals surface area contributed by atoms with E-state index < -0.39 is 0 Å². The van der Waals surface area contributed by atoms with Gasteiger partial charge in [-0.15, -0.1) is 22.7 Å². The van der Waals surface area contributed by atoms with Crippen LogP contribution in [0.15, 0.2) is 18.7 Å². The van der Waals surface area contributed by atoms with Gasteiger partial charge in [-0.2, -0.15) is 0 Å². The second-order valence-corrected chi connectivity index (χ2v) is 8.08. The van der Waals surface area contributed by atoms with Crippen LogP contribution in [0.3, 0.4) is 0 Å². The highest BCUT2D eigenvalue weighted by atomic mass is 32.1. The molecule has 0 aromatic carbocycles. The highest BCUT2D eigenvalue weighted by molar-refractivity contribution is 7.19. The van der Waals surface area contributed by atoms with E-state index in [4.69, 9.17) is 4.98 Å². The van der Waals surface area contributed by atoms with Gasteiger partial charge in [-0.1, -0.05) is 32.6 Å². The third-order valence-electron chi connectivity index (χ3n) is 3.97. The maximum Gasteiger partial charge on any atom is 0.221 e. The summed E-state index contributed by atoms with van der Waals surface area (Å²) in [6.07, 6.45) is 6.73. The molecule has 140 valence electrons. The van der Waals surface area contributed by atoms with Crippen molar-refractivity contribution in [3.63, 3.8) is 0 Å². The lowest BCUT2D eigenvalue weighted by Crippen LogP contribution is -2.25. The molecule has 3 heterocycles. The molecule has 1 amide bonds.